The molecule has 0 saturated carbocycles. The summed E-state index contributed by atoms with van der Waals surface area (Å²) in [6, 6.07) is 5.82. The zero-order valence-electron chi connectivity index (χ0n) is 11.9. The Balaban J connectivity index is 1.78. The fourth-order valence-corrected chi connectivity index (χ4v) is 2.50. The molecular formula is C15H18N4O2. The van der Waals surface area contributed by atoms with Crippen LogP contribution in [0, 0.1) is 0 Å². The highest BCUT2D eigenvalue weighted by Crippen LogP contribution is 2.29. The Morgan fingerprint density at radius 1 is 1.24 bits per heavy atom. The lowest BCUT2D eigenvalue weighted by atomic mass is 9.97. The van der Waals surface area contributed by atoms with Crippen LogP contribution >= 0.6 is 0 Å². The highest BCUT2D eigenvalue weighted by Gasteiger charge is 2.28. The fourth-order valence-electron chi connectivity index (χ4n) is 2.50. The monoisotopic (exact) mass is 286 g/mol. The molecule has 2 aromatic heterocycles. The van der Waals surface area contributed by atoms with Gasteiger partial charge in [-0.1, -0.05) is 0 Å². The van der Waals surface area contributed by atoms with Crippen molar-refractivity contribution in [1.82, 2.24) is 15.0 Å². The van der Waals surface area contributed by atoms with Gasteiger partial charge in [0.2, 0.25) is 11.8 Å². The molecule has 2 aromatic rings. The summed E-state index contributed by atoms with van der Waals surface area (Å²) >= 11 is 0. The minimum Gasteiger partial charge on any atom is -0.481 e. The molecule has 1 aliphatic rings. The first-order valence-electron chi connectivity index (χ1n) is 7.02. The van der Waals surface area contributed by atoms with Gasteiger partial charge in [-0.25, -0.2) is 4.98 Å². The summed E-state index contributed by atoms with van der Waals surface area (Å²) in [7, 11) is 1.59. The van der Waals surface area contributed by atoms with Gasteiger partial charge in [-0.05, 0) is 30.5 Å². The van der Waals surface area contributed by atoms with E-state index in [1.165, 1.54) is 0 Å². The maximum atomic E-state index is 5.93. The first-order chi connectivity index (χ1) is 10.4. The Labute approximate surface area is 123 Å². The van der Waals surface area contributed by atoms with E-state index in [2.05, 4.69) is 20.3 Å². The van der Waals surface area contributed by atoms with E-state index >= 15 is 0 Å². The van der Waals surface area contributed by atoms with Crippen molar-refractivity contribution < 1.29 is 9.47 Å². The van der Waals surface area contributed by atoms with Crippen molar-refractivity contribution >= 4 is 5.95 Å². The molecule has 0 aromatic carbocycles. The smallest absolute Gasteiger partial charge is 0.226 e. The van der Waals surface area contributed by atoms with Gasteiger partial charge in [0.25, 0.3) is 0 Å². The topological polar surface area (TPSA) is 69.2 Å². The Morgan fingerprint density at radius 2 is 2.10 bits per heavy atom. The number of ether oxygens (including phenoxy) is 2. The summed E-state index contributed by atoms with van der Waals surface area (Å²) in [6.45, 7) is 0.768. The molecular weight excluding hydrogens is 268 g/mol. The van der Waals surface area contributed by atoms with Gasteiger partial charge in [0, 0.05) is 31.3 Å². The first-order valence-corrected chi connectivity index (χ1v) is 7.02. The van der Waals surface area contributed by atoms with E-state index < -0.39 is 0 Å². The highest BCUT2D eigenvalue weighted by atomic mass is 16.5. The summed E-state index contributed by atoms with van der Waals surface area (Å²) in [6.07, 6.45) is 7.26. The molecule has 1 N–H and O–H groups in total. The van der Waals surface area contributed by atoms with Gasteiger partial charge in [0.15, 0.2) is 0 Å². The number of hydrogen-bond donors (Lipinski definition) is 1. The zero-order chi connectivity index (χ0) is 14.5. The summed E-state index contributed by atoms with van der Waals surface area (Å²) in [4.78, 5) is 12.6. The van der Waals surface area contributed by atoms with Gasteiger partial charge in [0.1, 0.15) is 6.10 Å². The zero-order valence-corrected chi connectivity index (χ0v) is 11.9. The number of nitrogens with one attached hydrogen (secondary N) is 1. The van der Waals surface area contributed by atoms with E-state index in [0.29, 0.717) is 11.8 Å². The second-order valence-corrected chi connectivity index (χ2v) is 4.89. The van der Waals surface area contributed by atoms with Gasteiger partial charge in [-0.2, -0.15) is 4.98 Å². The Hall–Kier alpha value is -2.21. The molecule has 1 saturated heterocycles. The summed E-state index contributed by atoms with van der Waals surface area (Å²) in [5.74, 6) is 1.11. The van der Waals surface area contributed by atoms with Crippen molar-refractivity contribution in [2.24, 2.45) is 0 Å². The third-order valence-corrected chi connectivity index (χ3v) is 3.51. The minimum absolute atomic E-state index is 0.0171. The van der Waals surface area contributed by atoms with Crippen LogP contribution in [0.3, 0.4) is 0 Å². The van der Waals surface area contributed by atoms with Crippen LogP contribution in [-0.4, -0.2) is 34.7 Å². The lowest BCUT2D eigenvalue weighted by Gasteiger charge is -2.32. The molecule has 0 amide bonds. The quantitative estimate of drug-likeness (QED) is 0.929. The van der Waals surface area contributed by atoms with E-state index in [9.17, 15) is 0 Å². The maximum absolute atomic E-state index is 5.93. The molecule has 1 aliphatic heterocycles. The van der Waals surface area contributed by atoms with Crippen molar-refractivity contribution in [3.63, 3.8) is 0 Å². The molecule has 0 spiro atoms. The van der Waals surface area contributed by atoms with Crippen LogP contribution in [-0.2, 0) is 4.74 Å². The average molecular weight is 286 g/mol. The van der Waals surface area contributed by atoms with E-state index in [0.717, 1.165) is 25.0 Å². The van der Waals surface area contributed by atoms with Crippen LogP contribution < -0.4 is 10.1 Å². The van der Waals surface area contributed by atoms with E-state index in [4.69, 9.17) is 9.47 Å². The maximum Gasteiger partial charge on any atom is 0.226 e. The van der Waals surface area contributed by atoms with Crippen molar-refractivity contribution in [1.29, 1.82) is 0 Å². The molecule has 0 bridgehead atoms. The number of nitrogens with zero attached hydrogens (tertiary/aromatic N) is 3. The lowest BCUT2D eigenvalue weighted by molar-refractivity contribution is 0.00540. The third kappa shape index (κ3) is 3.28. The van der Waals surface area contributed by atoms with Crippen molar-refractivity contribution in [2.45, 2.75) is 25.0 Å². The van der Waals surface area contributed by atoms with Crippen molar-refractivity contribution in [3.05, 3.63) is 42.4 Å². The SMILES string of the molecule is COc1ccnc(N[C@H]2CCCO[C@@H]2c2ccncc2)n1. The third-order valence-electron chi connectivity index (χ3n) is 3.51. The summed E-state index contributed by atoms with van der Waals surface area (Å²) < 4.78 is 11.1. The van der Waals surface area contributed by atoms with Crippen LogP contribution in [0.15, 0.2) is 36.8 Å². The molecule has 2 atom stereocenters. The molecule has 0 radical (unpaired) electrons. The van der Waals surface area contributed by atoms with Gasteiger partial charge in [-0.15, -0.1) is 0 Å². The molecule has 6 nitrogen and oxygen atoms in total. The Bertz CT molecular complexity index is 579. The number of anilines is 1. The number of rotatable bonds is 4. The fraction of sp³-hybridized carbons (Fsp3) is 0.400. The molecule has 0 unspecified atom stereocenters. The average Bonchev–Trinajstić information content (AvgIpc) is 2.56. The van der Waals surface area contributed by atoms with E-state index in [1.807, 2.05) is 12.1 Å². The molecule has 3 rings (SSSR count). The van der Waals surface area contributed by atoms with Gasteiger partial charge < -0.3 is 14.8 Å². The van der Waals surface area contributed by atoms with Gasteiger partial charge in [-0.3, -0.25) is 4.98 Å². The van der Waals surface area contributed by atoms with Crippen LogP contribution in [0.5, 0.6) is 5.88 Å². The van der Waals surface area contributed by atoms with Crippen LogP contribution in [0.1, 0.15) is 24.5 Å². The van der Waals surface area contributed by atoms with E-state index in [1.54, 1.807) is 31.8 Å². The lowest BCUT2D eigenvalue weighted by Crippen LogP contribution is -2.34. The minimum atomic E-state index is -0.0171. The standard InChI is InChI=1S/C15H18N4O2/c1-20-13-6-9-17-15(19-13)18-12-3-2-10-21-14(12)11-4-7-16-8-5-11/h4-9,12,14H,2-3,10H2,1H3,(H,17,18,19)/t12-,14+/m0/s1. The summed E-state index contributed by atoms with van der Waals surface area (Å²) in [5, 5.41) is 3.36. The molecule has 3 heterocycles. The predicted octanol–water partition coefficient (Wildman–Crippen LogP) is 2.21. The largest absolute Gasteiger partial charge is 0.481 e. The molecule has 1 fully saturated rings. The second kappa shape index (κ2) is 6.49. The number of hydrogen-bond acceptors (Lipinski definition) is 6. The Morgan fingerprint density at radius 3 is 2.90 bits per heavy atom. The number of aromatic nitrogens is 3. The molecule has 110 valence electrons. The number of methoxy groups -OCH3 is 1. The van der Waals surface area contributed by atoms with Gasteiger partial charge in [0.05, 0.1) is 13.2 Å². The second-order valence-electron chi connectivity index (χ2n) is 4.89. The first kappa shape index (κ1) is 13.8. The van der Waals surface area contributed by atoms with Crippen LogP contribution in [0.25, 0.3) is 0 Å². The normalized spacial score (nSPS) is 21.8. The Kier molecular flexibility index (Phi) is 4.25. The highest BCUT2D eigenvalue weighted by molar-refractivity contribution is 5.31. The van der Waals surface area contributed by atoms with Crippen molar-refractivity contribution in [2.75, 3.05) is 19.0 Å². The van der Waals surface area contributed by atoms with Crippen LogP contribution in [0.4, 0.5) is 5.95 Å². The van der Waals surface area contributed by atoms with Crippen molar-refractivity contribution in [3.8, 4) is 5.88 Å². The molecule has 0 aliphatic carbocycles. The molecule has 6 heteroatoms. The van der Waals surface area contributed by atoms with E-state index in [-0.39, 0.29) is 12.1 Å². The van der Waals surface area contributed by atoms with Crippen LogP contribution in [0.2, 0.25) is 0 Å². The molecule has 21 heavy (non-hydrogen) atoms. The van der Waals surface area contributed by atoms with Gasteiger partial charge >= 0.3 is 0 Å². The predicted molar refractivity (Wildman–Crippen MR) is 78.2 cm³/mol. The number of pyridine rings is 1. The summed E-state index contributed by atoms with van der Waals surface area (Å²) in [5.41, 5.74) is 1.12.